The minimum absolute atomic E-state index is 0.0347. The summed E-state index contributed by atoms with van der Waals surface area (Å²) in [6, 6.07) is 0. The van der Waals surface area contributed by atoms with Crippen LogP contribution in [0.3, 0.4) is 0 Å². The van der Waals surface area contributed by atoms with Gasteiger partial charge in [0.2, 0.25) is 0 Å². The Bertz CT molecular complexity index is 465. The summed E-state index contributed by atoms with van der Waals surface area (Å²) in [4.78, 5) is 23.1. The van der Waals surface area contributed by atoms with E-state index in [1.807, 2.05) is 0 Å². The second-order valence-corrected chi connectivity index (χ2v) is 9.38. The molecular weight excluding hydrogens is 392 g/mol. The summed E-state index contributed by atoms with van der Waals surface area (Å²) >= 11 is 0. The molecule has 0 amide bonds. The Hall–Kier alpha value is -1.10. The number of aliphatic hydroxyl groups is 1. The monoisotopic (exact) mass is 440 g/mol. The first-order chi connectivity index (χ1) is 15.1. The summed E-state index contributed by atoms with van der Waals surface area (Å²) in [6.45, 7) is 1.94. The van der Waals surface area contributed by atoms with Crippen molar-refractivity contribution in [2.75, 3.05) is 13.2 Å². The number of rotatable bonds is 21. The molecule has 0 bridgehead atoms. The largest absolute Gasteiger partial charge is 0.461 e. The predicted molar refractivity (Wildman–Crippen MR) is 125 cm³/mol. The third-order valence-electron chi connectivity index (χ3n) is 6.38. The van der Waals surface area contributed by atoms with E-state index in [0.29, 0.717) is 12.8 Å². The van der Waals surface area contributed by atoms with Gasteiger partial charge < -0.3 is 14.6 Å². The molecule has 1 aliphatic rings. The van der Waals surface area contributed by atoms with E-state index in [2.05, 4.69) is 6.92 Å². The predicted octanol–water partition coefficient (Wildman–Crippen LogP) is 6.64. The summed E-state index contributed by atoms with van der Waals surface area (Å²) in [5.41, 5.74) is -1.01. The molecule has 182 valence electrons. The Kier molecular flexibility index (Phi) is 16.6. The Morgan fingerprint density at radius 2 is 1.29 bits per heavy atom. The van der Waals surface area contributed by atoms with Crippen molar-refractivity contribution in [2.45, 2.75) is 141 Å². The van der Waals surface area contributed by atoms with E-state index in [1.165, 1.54) is 96.3 Å². The van der Waals surface area contributed by atoms with Crippen LogP contribution >= 0.6 is 0 Å². The van der Waals surface area contributed by atoms with Crippen LogP contribution in [0.25, 0.3) is 0 Å². The molecule has 1 N–H and O–H groups in total. The van der Waals surface area contributed by atoms with E-state index in [4.69, 9.17) is 9.47 Å². The number of ether oxygens (including phenoxy) is 2. The van der Waals surface area contributed by atoms with E-state index in [-0.39, 0.29) is 31.6 Å². The van der Waals surface area contributed by atoms with E-state index < -0.39 is 5.60 Å². The molecule has 31 heavy (non-hydrogen) atoms. The van der Waals surface area contributed by atoms with Gasteiger partial charge >= 0.3 is 11.9 Å². The van der Waals surface area contributed by atoms with Crippen LogP contribution < -0.4 is 0 Å². The fraction of sp³-hybridized carbons (Fsp3) is 0.923. The SMILES string of the molecule is CCCCCCCCCCCCCCCCCCCC(=O)OCC1(CO)CCC(=O)O1. The molecule has 1 fully saturated rings. The summed E-state index contributed by atoms with van der Waals surface area (Å²) in [7, 11) is 0. The maximum absolute atomic E-state index is 11.9. The first kappa shape index (κ1) is 27.9. The van der Waals surface area contributed by atoms with Gasteiger partial charge in [0.1, 0.15) is 6.61 Å². The maximum Gasteiger partial charge on any atom is 0.306 e. The summed E-state index contributed by atoms with van der Waals surface area (Å²) < 4.78 is 10.3. The Morgan fingerprint density at radius 1 is 0.839 bits per heavy atom. The van der Waals surface area contributed by atoms with Crippen LogP contribution in [0.2, 0.25) is 0 Å². The van der Waals surface area contributed by atoms with Gasteiger partial charge in [-0.05, 0) is 6.42 Å². The molecule has 0 aromatic heterocycles. The fourth-order valence-electron chi connectivity index (χ4n) is 4.21. The van der Waals surface area contributed by atoms with E-state index >= 15 is 0 Å². The van der Waals surface area contributed by atoms with Crippen LogP contribution in [0.15, 0.2) is 0 Å². The van der Waals surface area contributed by atoms with Crippen LogP contribution in [0, 0.1) is 0 Å². The van der Waals surface area contributed by atoms with E-state index in [1.54, 1.807) is 0 Å². The summed E-state index contributed by atoms with van der Waals surface area (Å²) in [5, 5.41) is 9.41. The molecule has 0 saturated carbocycles. The lowest BCUT2D eigenvalue weighted by atomic mass is 10.0. The third-order valence-corrected chi connectivity index (χ3v) is 6.38. The van der Waals surface area contributed by atoms with Crippen molar-refractivity contribution in [1.29, 1.82) is 0 Å². The Balaban J connectivity index is 1.80. The third kappa shape index (κ3) is 14.6. The second kappa shape index (κ2) is 18.5. The number of hydrogen-bond acceptors (Lipinski definition) is 5. The first-order valence-electron chi connectivity index (χ1n) is 13.1. The van der Waals surface area contributed by atoms with Gasteiger partial charge in [0.15, 0.2) is 5.60 Å². The van der Waals surface area contributed by atoms with Crippen molar-refractivity contribution in [3.63, 3.8) is 0 Å². The van der Waals surface area contributed by atoms with Gasteiger partial charge in [-0.1, -0.05) is 110 Å². The topological polar surface area (TPSA) is 72.8 Å². The maximum atomic E-state index is 11.9. The lowest BCUT2D eigenvalue weighted by Gasteiger charge is -2.24. The lowest BCUT2D eigenvalue weighted by molar-refractivity contribution is -0.166. The molecule has 1 heterocycles. The average Bonchev–Trinajstić information content (AvgIpc) is 3.16. The number of hydrogen-bond donors (Lipinski definition) is 1. The number of cyclic esters (lactones) is 1. The molecule has 1 atom stereocenters. The zero-order chi connectivity index (χ0) is 22.6. The molecule has 0 aromatic rings. The van der Waals surface area contributed by atoms with Crippen molar-refractivity contribution >= 4 is 11.9 Å². The number of carbonyl (C=O) groups is 2. The standard InChI is InChI=1S/C26H48O5/c1-2-3-4-5-6-7-8-9-10-11-12-13-14-15-16-17-18-19-24(28)30-23-26(22-27)21-20-25(29)31-26/h27H,2-23H2,1H3. The highest BCUT2D eigenvalue weighted by molar-refractivity contribution is 5.72. The van der Waals surface area contributed by atoms with Gasteiger partial charge in [-0.25, -0.2) is 0 Å². The van der Waals surface area contributed by atoms with E-state index in [0.717, 1.165) is 12.8 Å². The minimum Gasteiger partial charge on any atom is -0.461 e. The summed E-state index contributed by atoms with van der Waals surface area (Å²) in [6.07, 6.45) is 23.4. The lowest BCUT2D eigenvalue weighted by Crippen LogP contribution is -2.39. The number of esters is 2. The van der Waals surface area contributed by atoms with Crippen LogP contribution in [0.4, 0.5) is 0 Å². The van der Waals surface area contributed by atoms with Crippen LogP contribution in [0.5, 0.6) is 0 Å². The molecule has 0 aromatic carbocycles. The van der Waals surface area contributed by atoms with Crippen LogP contribution in [-0.2, 0) is 19.1 Å². The van der Waals surface area contributed by atoms with Gasteiger partial charge in [0.05, 0.1) is 6.61 Å². The zero-order valence-corrected chi connectivity index (χ0v) is 20.1. The Labute approximate surface area is 190 Å². The smallest absolute Gasteiger partial charge is 0.306 e. The molecule has 5 nitrogen and oxygen atoms in total. The molecule has 0 radical (unpaired) electrons. The second-order valence-electron chi connectivity index (χ2n) is 9.38. The molecular formula is C26H48O5. The molecule has 1 saturated heterocycles. The van der Waals surface area contributed by atoms with E-state index in [9.17, 15) is 14.7 Å². The van der Waals surface area contributed by atoms with Gasteiger partial charge in [0, 0.05) is 19.3 Å². The minimum atomic E-state index is -1.01. The van der Waals surface area contributed by atoms with Crippen molar-refractivity contribution in [1.82, 2.24) is 0 Å². The molecule has 5 heteroatoms. The van der Waals surface area contributed by atoms with Crippen molar-refractivity contribution in [3.05, 3.63) is 0 Å². The number of unbranched alkanes of at least 4 members (excludes halogenated alkanes) is 16. The molecule has 1 aliphatic heterocycles. The highest BCUT2D eigenvalue weighted by atomic mass is 16.6. The number of aliphatic hydroxyl groups excluding tert-OH is 1. The quantitative estimate of drug-likeness (QED) is 0.160. The van der Waals surface area contributed by atoms with Crippen LogP contribution in [0.1, 0.15) is 135 Å². The van der Waals surface area contributed by atoms with Gasteiger partial charge in [0.25, 0.3) is 0 Å². The average molecular weight is 441 g/mol. The van der Waals surface area contributed by atoms with Gasteiger partial charge in [-0.15, -0.1) is 0 Å². The van der Waals surface area contributed by atoms with Gasteiger partial charge in [-0.2, -0.15) is 0 Å². The molecule has 1 unspecified atom stereocenters. The molecule has 0 aliphatic carbocycles. The van der Waals surface area contributed by atoms with Crippen molar-refractivity contribution in [3.8, 4) is 0 Å². The van der Waals surface area contributed by atoms with Crippen molar-refractivity contribution < 1.29 is 24.2 Å². The highest BCUT2D eigenvalue weighted by Crippen LogP contribution is 2.26. The molecule has 1 rings (SSSR count). The fourth-order valence-corrected chi connectivity index (χ4v) is 4.21. The highest BCUT2D eigenvalue weighted by Gasteiger charge is 2.41. The van der Waals surface area contributed by atoms with Crippen molar-refractivity contribution in [2.24, 2.45) is 0 Å². The zero-order valence-electron chi connectivity index (χ0n) is 20.1. The van der Waals surface area contributed by atoms with Crippen LogP contribution in [-0.4, -0.2) is 35.9 Å². The Morgan fingerprint density at radius 3 is 1.68 bits per heavy atom. The molecule has 0 spiro atoms. The first-order valence-corrected chi connectivity index (χ1v) is 13.1. The van der Waals surface area contributed by atoms with Gasteiger partial charge in [-0.3, -0.25) is 9.59 Å². The number of carbonyl (C=O) groups excluding carboxylic acids is 2. The normalized spacial score (nSPS) is 18.3. The summed E-state index contributed by atoms with van der Waals surface area (Å²) in [5.74, 6) is -0.602.